The van der Waals surface area contributed by atoms with E-state index in [-0.39, 0.29) is 23.2 Å². The molecule has 0 spiro atoms. The van der Waals surface area contributed by atoms with Crippen LogP contribution in [0.2, 0.25) is 0 Å². The highest BCUT2D eigenvalue weighted by atomic mass is 19.1. The molecule has 0 saturated heterocycles. The smallest absolute Gasteiger partial charge is 0.314 e. The summed E-state index contributed by atoms with van der Waals surface area (Å²) >= 11 is 0. The van der Waals surface area contributed by atoms with Crippen LogP contribution in [0.15, 0.2) is 30.4 Å². The Labute approximate surface area is 128 Å². The van der Waals surface area contributed by atoms with Crippen LogP contribution in [0.4, 0.5) is 4.39 Å². The van der Waals surface area contributed by atoms with E-state index in [9.17, 15) is 9.18 Å². The van der Waals surface area contributed by atoms with Crippen LogP contribution in [0.1, 0.15) is 31.2 Å². The molecule has 0 aliphatic heterocycles. The normalized spacial score (nSPS) is 21.0. The standard InChI is InChI=1S/C17H15FN2O2/c18-16-10-15(8-7-14(16)11-20)22-17(21)13-5-3-12(4-6-13)2-1-9-19/h1-2,7-8,10,12-13H,3-6H2/b2-1+. The van der Waals surface area contributed by atoms with Gasteiger partial charge in [0.1, 0.15) is 17.6 Å². The second-order valence-electron chi connectivity index (χ2n) is 5.27. The summed E-state index contributed by atoms with van der Waals surface area (Å²) in [6.45, 7) is 0. The van der Waals surface area contributed by atoms with E-state index < -0.39 is 5.82 Å². The number of halogens is 1. The molecule has 112 valence electrons. The van der Waals surface area contributed by atoms with E-state index in [4.69, 9.17) is 15.3 Å². The Kier molecular flexibility index (Phi) is 5.27. The fraction of sp³-hybridized carbons (Fsp3) is 0.353. The number of hydrogen-bond acceptors (Lipinski definition) is 4. The van der Waals surface area contributed by atoms with Crippen molar-refractivity contribution < 1.29 is 13.9 Å². The number of ether oxygens (including phenoxy) is 1. The summed E-state index contributed by atoms with van der Waals surface area (Å²) in [4.78, 5) is 12.1. The fourth-order valence-electron chi connectivity index (χ4n) is 2.58. The predicted octanol–water partition coefficient (Wildman–Crippen LogP) is 3.49. The van der Waals surface area contributed by atoms with Crippen LogP contribution in [0.25, 0.3) is 0 Å². The molecule has 2 rings (SSSR count). The first-order valence-corrected chi connectivity index (χ1v) is 7.11. The van der Waals surface area contributed by atoms with Gasteiger partial charge in [-0.25, -0.2) is 4.39 Å². The molecule has 0 bridgehead atoms. The quantitative estimate of drug-likeness (QED) is 0.486. The molecule has 1 fully saturated rings. The van der Waals surface area contributed by atoms with Gasteiger partial charge in [0.2, 0.25) is 0 Å². The highest BCUT2D eigenvalue weighted by Gasteiger charge is 2.26. The molecule has 4 nitrogen and oxygen atoms in total. The highest BCUT2D eigenvalue weighted by molar-refractivity contribution is 5.75. The van der Waals surface area contributed by atoms with Gasteiger partial charge >= 0.3 is 5.97 Å². The maximum atomic E-state index is 13.5. The third-order valence-electron chi connectivity index (χ3n) is 3.83. The molecule has 0 atom stereocenters. The summed E-state index contributed by atoms with van der Waals surface area (Å²) in [5, 5.41) is 17.2. The summed E-state index contributed by atoms with van der Waals surface area (Å²) in [6, 6.07) is 7.45. The molecule has 0 unspecified atom stereocenters. The van der Waals surface area contributed by atoms with Crippen molar-refractivity contribution in [3.8, 4) is 17.9 Å². The van der Waals surface area contributed by atoms with E-state index in [2.05, 4.69) is 0 Å². The maximum absolute atomic E-state index is 13.5. The zero-order valence-electron chi connectivity index (χ0n) is 12.0. The topological polar surface area (TPSA) is 73.9 Å². The molecule has 22 heavy (non-hydrogen) atoms. The first kappa shape index (κ1) is 15.7. The molecule has 5 heteroatoms. The van der Waals surface area contributed by atoms with E-state index >= 15 is 0 Å². The van der Waals surface area contributed by atoms with Gasteiger partial charge in [0.25, 0.3) is 0 Å². The van der Waals surface area contributed by atoms with E-state index in [0.29, 0.717) is 18.8 Å². The van der Waals surface area contributed by atoms with E-state index in [1.54, 1.807) is 6.07 Å². The summed E-state index contributed by atoms with van der Waals surface area (Å²) < 4.78 is 18.7. The Hall–Kier alpha value is -2.66. The van der Waals surface area contributed by atoms with Crippen molar-refractivity contribution in [1.82, 2.24) is 0 Å². The third-order valence-corrected chi connectivity index (χ3v) is 3.83. The van der Waals surface area contributed by atoms with E-state index in [0.717, 1.165) is 18.9 Å². The average molecular weight is 298 g/mol. The van der Waals surface area contributed by atoms with Gasteiger partial charge in [-0.15, -0.1) is 0 Å². The minimum Gasteiger partial charge on any atom is -0.426 e. The van der Waals surface area contributed by atoms with Gasteiger partial charge in [0, 0.05) is 12.1 Å². The van der Waals surface area contributed by atoms with Crippen LogP contribution < -0.4 is 4.74 Å². The number of esters is 1. The Balaban J connectivity index is 1.91. The van der Waals surface area contributed by atoms with Gasteiger partial charge in [0.05, 0.1) is 17.6 Å². The van der Waals surface area contributed by atoms with Gasteiger partial charge in [-0.05, 0) is 43.7 Å². The van der Waals surface area contributed by atoms with Gasteiger partial charge in [-0.2, -0.15) is 10.5 Å². The summed E-state index contributed by atoms with van der Waals surface area (Å²) in [5.41, 5.74) is -0.0791. The van der Waals surface area contributed by atoms with Crippen molar-refractivity contribution in [2.75, 3.05) is 0 Å². The van der Waals surface area contributed by atoms with Crippen molar-refractivity contribution in [1.29, 1.82) is 10.5 Å². The maximum Gasteiger partial charge on any atom is 0.314 e. The van der Waals surface area contributed by atoms with Crippen LogP contribution in [-0.2, 0) is 4.79 Å². The highest BCUT2D eigenvalue weighted by Crippen LogP contribution is 2.31. The van der Waals surface area contributed by atoms with Crippen LogP contribution in [0.3, 0.4) is 0 Å². The lowest BCUT2D eigenvalue weighted by Crippen LogP contribution is -2.25. The summed E-state index contributed by atoms with van der Waals surface area (Å²) in [5.74, 6) is -0.820. The molecule has 0 N–H and O–H groups in total. The lowest BCUT2D eigenvalue weighted by molar-refractivity contribution is -0.140. The number of allylic oxidation sites excluding steroid dienone is 2. The lowest BCUT2D eigenvalue weighted by atomic mass is 9.82. The average Bonchev–Trinajstić information content (AvgIpc) is 2.53. The Morgan fingerprint density at radius 1 is 1.27 bits per heavy atom. The molecule has 0 amide bonds. The predicted molar refractivity (Wildman–Crippen MR) is 77.0 cm³/mol. The van der Waals surface area contributed by atoms with E-state index in [1.807, 2.05) is 12.1 Å². The molecule has 0 aromatic heterocycles. The number of benzene rings is 1. The monoisotopic (exact) mass is 298 g/mol. The Morgan fingerprint density at radius 3 is 2.59 bits per heavy atom. The van der Waals surface area contributed by atoms with Crippen LogP contribution in [0.5, 0.6) is 5.75 Å². The minimum absolute atomic E-state index is 0.0791. The SMILES string of the molecule is N#C/C=C/C1CCC(C(=O)Oc2ccc(C#N)c(F)c2)CC1. The molecule has 1 aliphatic rings. The first-order valence-electron chi connectivity index (χ1n) is 7.11. The van der Waals surface area contributed by atoms with Crippen molar-refractivity contribution in [3.63, 3.8) is 0 Å². The number of hydrogen-bond donors (Lipinski definition) is 0. The molecule has 1 aromatic carbocycles. The van der Waals surface area contributed by atoms with Crippen molar-refractivity contribution >= 4 is 5.97 Å². The van der Waals surface area contributed by atoms with Crippen LogP contribution in [0, 0.1) is 40.3 Å². The molecular weight excluding hydrogens is 283 g/mol. The van der Waals surface area contributed by atoms with Crippen LogP contribution >= 0.6 is 0 Å². The lowest BCUT2D eigenvalue weighted by Gasteiger charge is -2.25. The summed E-state index contributed by atoms with van der Waals surface area (Å²) in [7, 11) is 0. The third kappa shape index (κ3) is 3.93. The van der Waals surface area contributed by atoms with Crippen molar-refractivity contribution in [2.45, 2.75) is 25.7 Å². The molecule has 1 aromatic rings. The molecular formula is C17H15FN2O2. The van der Waals surface area contributed by atoms with Gasteiger partial charge < -0.3 is 4.74 Å². The Bertz CT molecular complexity index is 662. The number of rotatable bonds is 3. The molecule has 1 saturated carbocycles. The van der Waals surface area contributed by atoms with E-state index in [1.165, 1.54) is 18.2 Å². The van der Waals surface area contributed by atoms with Gasteiger partial charge in [-0.3, -0.25) is 4.79 Å². The zero-order valence-corrected chi connectivity index (χ0v) is 12.0. The summed E-state index contributed by atoms with van der Waals surface area (Å²) in [6.07, 6.45) is 6.40. The number of carbonyl (C=O) groups is 1. The molecule has 0 radical (unpaired) electrons. The van der Waals surface area contributed by atoms with Crippen LogP contribution in [-0.4, -0.2) is 5.97 Å². The van der Waals surface area contributed by atoms with Crippen molar-refractivity contribution in [2.24, 2.45) is 11.8 Å². The number of nitrogens with zero attached hydrogens (tertiary/aromatic N) is 2. The fourth-order valence-corrected chi connectivity index (χ4v) is 2.58. The second kappa shape index (κ2) is 7.38. The minimum atomic E-state index is -0.696. The molecule has 0 heterocycles. The number of nitriles is 2. The Morgan fingerprint density at radius 2 is 2.00 bits per heavy atom. The zero-order chi connectivity index (χ0) is 15.9. The largest absolute Gasteiger partial charge is 0.426 e. The molecule has 1 aliphatic carbocycles. The second-order valence-corrected chi connectivity index (χ2v) is 5.27. The van der Waals surface area contributed by atoms with Gasteiger partial charge in [0.15, 0.2) is 0 Å². The first-order chi connectivity index (χ1) is 10.6. The van der Waals surface area contributed by atoms with Gasteiger partial charge in [-0.1, -0.05) is 6.08 Å². The number of carbonyl (C=O) groups excluding carboxylic acids is 1. The van der Waals surface area contributed by atoms with Crippen molar-refractivity contribution in [3.05, 3.63) is 41.7 Å².